The third kappa shape index (κ3) is 7.19. The number of halogens is 1. The molecule has 0 atom stereocenters. The molecule has 0 saturated carbocycles. The normalized spacial score (nSPS) is 11.5. The summed E-state index contributed by atoms with van der Waals surface area (Å²) in [6.45, 7) is 5.37. The molecule has 2 heterocycles. The first-order chi connectivity index (χ1) is 14.3. The van der Waals surface area contributed by atoms with E-state index in [4.69, 9.17) is 4.99 Å². The molecular weight excluding hydrogens is 509 g/mol. The molecule has 2 aromatic heterocycles. The summed E-state index contributed by atoms with van der Waals surface area (Å²) in [6.07, 6.45) is 8.95. The number of fused-ring (bicyclic) bond motifs is 1. The number of thioether (sulfide) groups is 1. The van der Waals surface area contributed by atoms with Crippen molar-refractivity contribution < 1.29 is 0 Å². The third-order valence-corrected chi connectivity index (χ3v) is 5.49. The van der Waals surface area contributed by atoms with Gasteiger partial charge in [-0.25, -0.2) is 0 Å². The summed E-state index contributed by atoms with van der Waals surface area (Å²) in [7, 11) is 0. The van der Waals surface area contributed by atoms with Crippen molar-refractivity contribution >= 4 is 52.6 Å². The van der Waals surface area contributed by atoms with Gasteiger partial charge in [0.2, 0.25) is 0 Å². The van der Waals surface area contributed by atoms with E-state index < -0.39 is 0 Å². The average Bonchev–Trinajstić information content (AvgIpc) is 3.37. The maximum Gasteiger partial charge on any atom is 0.191 e. The van der Waals surface area contributed by atoms with Crippen LogP contribution in [0.5, 0.6) is 0 Å². The molecular formula is C21H32IN7S. The number of nitrogens with one attached hydrogen (secondary N) is 3. The summed E-state index contributed by atoms with van der Waals surface area (Å²) in [5.41, 5.74) is 2.51. The number of aromatic nitrogens is 4. The number of aliphatic imine (C=N–C) groups is 1. The lowest BCUT2D eigenvalue weighted by atomic mass is 10.1. The number of benzene rings is 1. The van der Waals surface area contributed by atoms with Crippen LogP contribution in [0.15, 0.2) is 41.8 Å². The predicted molar refractivity (Wildman–Crippen MR) is 138 cm³/mol. The second-order valence-electron chi connectivity index (χ2n) is 6.83. The molecule has 7 nitrogen and oxygen atoms in total. The quantitative estimate of drug-likeness (QED) is 0.150. The van der Waals surface area contributed by atoms with Gasteiger partial charge in [0, 0.05) is 49.7 Å². The van der Waals surface area contributed by atoms with E-state index >= 15 is 0 Å². The van der Waals surface area contributed by atoms with Gasteiger partial charge in [0.1, 0.15) is 12.2 Å². The Balaban J connectivity index is 0.00000320. The Bertz CT molecular complexity index is 906. The van der Waals surface area contributed by atoms with Crippen LogP contribution in [0.2, 0.25) is 0 Å². The lowest BCUT2D eigenvalue weighted by Gasteiger charge is -2.13. The molecule has 0 aliphatic carbocycles. The molecule has 0 aliphatic heterocycles. The number of rotatable bonds is 11. The van der Waals surface area contributed by atoms with Crippen molar-refractivity contribution in [3.8, 4) is 0 Å². The zero-order chi connectivity index (χ0) is 20.3. The standard InChI is InChI=1S/C21H31N7S.HI/c1-3-20-27-26-16-28(20)13-12-24-21(22-10-6-14-29-2)23-11-9-17-15-25-19-8-5-4-7-18(17)19;/h4-5,7-8,15-16,25H,3,6,9-14H2,1-2H3,(H2,22,23,24);1H. The molecule has 0 unspecified atom stereocenters. The van der Waals surface area contributed by atoms with Crippen LogP contribution in [0.4, 0.5) is 0 Å². The maximum atomic E-state index is 4.74. The fraction of sp³-hybridized carbons (Fsp3) is 0.476. The first-order valence-corrected chi connectivity index (χ1v) is 11.6. The monoisotopic (exact) mass is 541 g/mol. The Morgan fingerprint density at radius 3 is 2.90 bits per heavy atom. The Morgan fingerprint density at radius 2 is 2.07 bits per heavy atom. The third-order valence-electron chi connectivity index (χ3n) is 4.80. The van der Waals surface area contributed by atoms with E-state index in [0.717, 1.165) is 63.0 Å². The van der Waals surface area contributed by atoms with Crippen LogP contribution in [0.3, 0.4) is 0 Å². The van der Waals surface area contributed by atoms with Crippen LogP contribution >= 0.6 is 35.7 Å². The molecule has 3 rings (SSSR count). The van der Waals surface area contributed by atoms with Crippen molar-refractivity contribution in [1.29, 1.82) is 0 Å². The molecule has 30 heavy (non-hydrogen) atoms. The number of hydrogen-bond acceptors (Lipinski definition) is 4. The minimum absolute atomic E-state index is 0. The van der Waals surface area contributed by atoms with Crippen molar-refractivity contribution in [3.63, 3.8) is 0 Å². The van der Waals surface area contributed by atoms with Gasteiger partial charge in [0.15, 0.2) is 5.96 Å². The Kier molecular flexibility index (Phi) is 11.1. The lowest BCUT2D eigenvalue weighted by molar-refractivity contribution is 0.631. The van der Waals surface area contributed by atoms with Gasteiger partial charge in [0.05, 0.1) is 0 Å². The number of guanidine groups is 1. The van der Waals surface area contributed by atoms with Crippen LogP contribution in [-0.2, 0) is 19.4 Å². The van der Waals surface area contributed by atoms with E-state index in [0.29, 0.717) is 0 Å². The second kappa shape index (κ2) is 13.5. The van der Waals surface area contributed by atoms with Crippen molar-refractivity contribution in [2.75, 3.05) is 31.6 Å². The van der Waals surface area contributed by atoms with Gasteiger partial charge in [-0.1, -0.05) is 25.1 Å². The topological polar surface area (TPSA) is 82.9 Å². The average molecular weight is 542 g/mol. The summed E-state index contributed by atoms with van der Waals surface area (Å²) in [5, 5.41) is 16.4. The first kappa shape index (κ1) is 24.5. The van der Waals surface area contributed by atoms with E-state index in [9.17, 15) is 0 Å². The summed E-state index contributed by atoms with van der Waals surface area (Å²) in [4.78, 5) is 8.08. The highest BCUT2D eigenvalue weighted by Gasteiger charge is 2.05. The van der Waals surface area contributed by atoms with Crippen LogP contribution in [0.25, 0.3) is 10.9 Å². The van der Waals surface area contributed by atoms with Gasteiger partial charge >= 0.3 is 0 Å². The van der Waals surface area contributed by atoms with E-state index in [-0.39, 0.29) is 24.0 Å². The SMILES string of the molecule is CCc1nncn1CCNC(=NCCCSC)NCCc1c[nH]c2ccccc12.I. The zero-order valence-corrected chi connectivity index (χ0v) is 20.9. The smallest absolute Gasteiger partial charge is 0.191 e. The van der Waals surface area contributed by atoms with Crippen molar-refractivity contribution in [2.45, 2.75) is 32.7 Å². The van der Waals surface area contributed by atoms with Gasteiger partial charge in [-0.2, -0.15) is 11.8 Å². The molecule has 164 valence electrons. The number of aromatic amines is 1. The molecule has 0 saturated heterocycles. The Labute approximate surface area is 199 Å². The highest BCUT2D eigenvalue weighted by Crippen LogP contribution is 2.17. The molecule has 9 heteroatoms. The second-order valence-corrected chi connectivity index (χ2v) is 7.82. The van der Waals surface area contributed by atoms with Gasteiger partial charge in [-0.05, 0) is 36.5 Å². The molecule has 1 aromatic carbocycles. The molecule has 0 radical (unpaired) electrons. The first-order valence-electron chi connectivity index (χ1n) is 10.2. The van der Waals surface area contributed by atoms with Gasteiger partial charge < -0.3 is 20.2 Å². The molecule has 0 spiro atoms. The Hall–Kier alpha value is -1.75. The summed E-state index contributed by atoms with van der Waals surface area (Å²) < 4.78 is 2.09. The van der Waals surface area contributed by atoms with E-state index in [1.165, 1.54) is 16.5 Å². The number of H-pyrrole nitrogens is 1. The highest BCUT2D eigenvalue weighted by atomic mass is 127. The van der Waals surface area contributed by atoms with E-state index in [2.05, 4.69) is 74.0 Å². The molecule has 3 N–H and O–H groups in total. The zero-order valence-electron chi connectivity index (χ0n) is 17.7. The maximum absolute atomic E-state index is 4.74. The molecule has 3 aromatic rings. The number of para-hydroxylation sites is 1. The predicted octanol–water partition coefficient (Wildman–Crippen LogP) is 3.47. The number of aryl methyl sites for hydroxylation is 1. The van der Waals surface area contributed by atoms with Gasteiger partial charge in [-0.3, -0.25) is 4.99 Å². The molecule has 0 amide bonds. The summed E-state index contributed by atoms with van der Waals surface area (Å²) in [5.74, 6) is 3.02. The molecule has 0 fully saturated rings. The number of hydrogen-bond donors (Lipinski definition) is 3. The van der Waals surface area contributed by atoms with Crippen molar-refractivity contribution in [2.24, 2.45) is 4.99 Å². The van der Waals surface area contributed by atoms with Crippen LogP contribution in [0, 0.1) is 0 Å². The van der Waals surface area contributed by atoms with Crippen LogP contribution in [0.1, 0.15) is 24.7 Å². The number of nitrogens with zero attached hydrogens (tertiary/aromatic N) is 4. The largest absolute Gasteiger partial charge is 0.361 e. The highest BCUT2D eigenvalue weighted by molar-refractivity contribution is 14.0. The minimum Gasteiger partial charge on any atom is -0.361 e. The van der Waals surface area contributed by atoms with Gasteiger partial charge in [-0.15, -0.1) is 34.2 Å². The Morgan fingerprint density at radius 1 is 1.23 bits per heavy atom. The lowest BCUT2D eigenvalue weighted by Crippen LogP contribution is -2.40. The molecule has 0 aliphatic rings. The van der Waals surface area contributed by atoms with Crippen molar-refractivity contribution in [3.05, 3.63) is 48.2 Å². The van der Waals surface area contributed by atoms with Crippen LogP contribution in [-0.4, -0.2) is 57.4 Å². The van der Waals surface area contributed by atoms with E-state index in [1.54, 1.807) is 6.33 Å². The van der Waals surface area contributed by atoms with E-state index in [1.807, 2.05) is 11.8 Å². The summed E-state index contributed by atoms with van der Waals surface area (Å²) >= 11 is 1.86. The minimum atomic E-state index is 0. The van der Waals surface area contributed by atoms with Crippen molar-refractivity contribution in [1.82, 2.24) is 30.4 Å². The van der Waals surface area contributed by atoms with Crippen LogP contribution < -0.4 is 10.6 Å². The fourth-order valence-electron chi connectivity index (χ4n) is 3.26. The summed E-state index contributed by atoms with van der Waals surface area (Å²) in [6, 6.07) is 8.43. The molecule has 0 bridgehead atoms. The van der Waals surface area contributed by atoms with Gasteiger partial charge in [0.25, 0.3) is 0 Å². The fourth-order valence-corrected chi connectivity index (χ4v) is 3.68.